The number of hydrogen-bond donors (Lipinski definition) is 1. The minimum Gasteiger partial charge on any atom is -0.497 e. The topological polar surface area (TPSA) is 42.1 Å². The Morgan fingerprint density at radius 2 is 1.85 bits per heavy atom. The van der Waals surface area contributed by atoms with E-state index in [-0.39, 0.29) is 5.56 Å². The van der Waals surface area contributed by atoms with Crippen LogP contribution in [0.15, 0.2) is 47.3 Å². The molecule has 3 nitrogen and oxygen atoms in total. The highest BCUT2D eigenvalue weighted by Gasteiger charge is 2.09. The summed E-state index contributed by atoms with van der Waals surface area (Å²) in [6.07, 6.45) is 4.01. The molecule has 0 aliphatic rings. The summed E-state index contributed by atoms with van der Waals surface area (Å²) in [7, 11) is 1.69. The van der Waals surface area contributed by atoms with E-state index in [1.807, 2.05) is 43.4 Å². The van der Waals surface area contributed by atoms with Gasteiger partial charge in [0.05, 0.1) is 7.11 Å². The van der Waals surface area contributed by atoms with E-state index in [1.54, 1.807) is 7.11 Å². The molecule has 0 saturated heterocycles. The van der Waals surface area contributed by atoms with Gasteiger partial charge in [0, 0.05) is 26.6 Å². The smallest absolute Gasteiger partial charge is 0.251 e. The molecule has 1 N–H and O–H groups in total. The molecule has 0 aliphatic carbocycles. The van der Waals surface area contributed by atoms with Crippen molar-refractivity contribution in [2.24, 2.45) is 0 Å². The lowest BCUT2D eigenvalue weighted by Crippen LogP contribution is -2.13. The van der Waals surface area contributed by atoms with Crippen molar-refractivity contribution in [3.8, 4) is 16.2 Å². The number of thiophene rings is 1. The highest BCUT2D eigenvalue weighted by Crippen LogP contribution is 2.30. The maximum atomic E-state index is 11.9. The summed E-state index contributed by atoms with van der Waals surface area (Å²) in [5, 5.41) is 0. The zero-order chi connectivity index (χ0) is 18.5. The minimum absolute atomic E-state index is 0.0324. The van der Waals surface area contributed by atoms with Crippen molar-refractivity contribution in [3.63, 3.8) is 0 Å². The van der Waals surface area contributed by atoms with Gasteiger partial charge >= 0.3 is 0 Å². The van der Waals surface area contributed by atoms with E-state index in [1.165, 1.54) is 15.3 Å². The zero-order valence-corrected chi connectivity index (χ0v) is 16.4. The summed E-state index contributed by atoms with van der Waals surface area (Å²) in [5.41, 5.74) is 4.31. The number of benzene rings is 1. The first kappa shape index (κ1) is 18.5. The first-order valence-electron chi connectivity index (χ1n) is 9.05. The van der Waals surface area contributed by atoms with Gasteiger partial charge in [-0.25, -0.2) is 0 Å². The number of rotatable bonds is 7. The Bertz CT molecular complexity index is 922. The van der Waals surface area contributed by atoms with Crippen molar-refractivity contribution in [2.45, 2.75) is 39.5 Å². The van der Waals surface area contributed by atoms with E-state index in [0.717, 1.165) is 48.3 Å². The van der Waals surface area contributed by atoms with Crippen LogP contribution in [0.5, 0.6) is 5.75 Å². The van der Waals surface area contributed by atoms with Gasteiger partial charge in [-0.3, -0.25) is 4.79 Å². The molecule has 3 rings (SSSR count). The number of aromatic nitrogens is 1. The van der Waals surface area contributed by atoms with Gasteiger partial charge in [-0.2, -0.15) is 0 Å². The molecule has 26 heavy (non-hydrogen) atoms. The largest absolute Gasteiger partial charge is 0.497 e. The second kappa shape index (κ2) is 8.37. The molecule has 3 aromatic rings. The Morgan fingerprint density at radius 1 is 1.08 bits per heavy atom. The van der Waals surface area contributed by atoms with Crippen LogP contribution < -0.4 is 10.3 Å². The van der Waals surface area contributed by atoms with Crippen LogP contribution in [0.4, 0.5) is 0 Å². The summed E-state index contributed by atoms with van der Waals surface area (Å²) in [6, 6.07) is 14.7. The van der Waals surface area contributed by atoms with Gasteiger partial charge in [0.2, 0.25) is 0 Å². The number of H-pyrrole nitrogens is 1. The molecule has 0 bridgehead atoms. The van der Waals surface area contributed by atoms with Crippen LogP contribution in [-0.4, -0.2) is 12.1 Å². The predicted molar refractivity (Wildman–Crippen MR) is 110 cm³/mol. The summed E-state index contributed by atoms with van der Waals surface area (Å²) < 4.78 is 5.20. The lowest BCUT2D eigenvalue weighted by molar-refractivity contribution is 0.414. The van der Waals surface area contributed by atoms with Crippen LogP contribution in [0.2, 0.25) is 0 Å². The maximum Gasteiger partial charge on any atom is 0.251 e. The molecule has 0 radical (unpaired) electrons. The first-order chi connectivity index (χ1) is 12.6. The van der Waals surface area contributed by atoms with Gasteiger partial charge in [-0.15, -0.1) is 11.3 Å². The number of nitrogens with one attached hydrogen (secondary N) is 1. The molecule has 0 atom stereocenters. The number of ether oxygens (including phenoxy) is 1. The Labute approximate surface area is 158 Å². The van der Waals surface area contributed by atoms with Gasteiger partial charge in [0.15, 0.2) is 0 Å². The van der Waals surface area contributed by atoms with Crippen molar-refractivity contribution >= 4 is 11.3 Å². The van der Waals surface area contributed by atoms with Crippen LogP contribution in [0, 0.1) is 6.92 Å². The second-order valence-corrected chi connectivity index (χ2v) is 7.65. The van der Waals surface area contributed by atoms with Crippen molar-refractivity contribution in [1.29, 1.82) is 0 Å². The molecule has 0 fully saturated rings. The van der Waals surface area contributed by atoms with E-state index in [4.69, 9.17) is 4.74 Å². The molecule has 0 spiro atoms. The van der Waals surface area contributed by atoms with E-state index in [2.05, 4.69) is 29.2 Å². The van der Waals surface area contributed by atoms with Crippen LogP contribution >= 0.6 is 11.3 Å². The molecular weight excluding hydrogens is 342 g/mol. The number of pyridine rings is 1. The minimum atomic E-state index is 0.0324. The summed E-state index contributed by atoms with van der Waals surface area (Å²) in [6.45, 7) is 3.99. The van der Waals surface area contributed by atoms with Crippen LogP contribution in [0.1, 0.15) is 35.0 Å². The van der Waals surface area contributed by atoms with Gasteiger partial charge in [0.25, 0.3) is 5.56 Å². The molecule has 4 heteroatoms. The second-order valence-electron chi connectivity index (χ2n) is 6.48. The highest BCUT2D eigenvalue weighted by atomic mass is 32.1. The third kappa shape index (κ3) is 4.25. The Balaban J connectivity index is 1.65. The Hall–Kier alpha value is -2.33. The van der Waals surface area contributed by atoms with Gasteiger partial charge < -0.3 is 9.72 Å². The Kier molecular flexibility index (Phi) is 5.94. The van der Waals surface area contributed by atoms with E-state index in [9.17, 15) is 4.79 Å². The standard InChI is InChI=1S/C22H25NO2S/c1-4-17-14-20(15(2)23-22(17)24)21-13-12-19(26-21)7-5-6-16-8-10-18(25-3)11-9-16/h8-14H,4-7H2,1-3H3,(H,23,24). The maximum absolute atomic E-state index is 11.9. The van der Waals surface area contributed by atoms with Crippen LogP contribution in [0.3, 0.4) is 0 Å². The fourth-order valence-electron chi connectivity index (χ4n) is 3.10. The Morgan fingerprint density at radius 3 is 2.54 bits per heavy atom. The molecule has 0 aliphatic heterocycles. The van der Waals surface area contributed by atoms with Crippen molar-refractivity contribution in [2.75, 3.05) is 7.11 Å². The lowest BCUT2D eigenvalue weighted by Gasteiger charge is -2.05. The average Bonchev–Trinajstić information content (AvgIpc) is 3.11. The molecule has 0 saturated carbocycles. The molecule has 0 unspecified atom stereocenters. The van der Waals surface area contributed by atoms with E-state index in [0.29, 0.717) is 0 Å². The van der Waals surface area contributed by atoms with Gasteiger partial charge in [-0.05, 0) is 68.5 Å². The van der Waals surface area contributed by atoms with Crippen molar-refractivity contribution < 1.29 is 4.74 Å². The molecule has 2 heterocycles. The predicted octanol–water partition coefficient (Wildman–Crippen LogP) is 5.16. The average molecular weight is 368 g/mol. The molecule has 136 valence electrons. The van der Waals surface area contributed by atoms with E-state index >= 15 is 0 Å². The van der Waals surface area contributed by atoms with Crippen LogP contribution in [-0.2, 0) is 19.3 Å². The SMILES string of the molecule is CCc1cc(-c2ccc(CCCc3ccc(OC)cc3)s2)c(C)[nH]c1=O. The van der Waals surface area contributed by atoms with Gasteiger partial charge in [-0.1, -0.05) is 19.1 Å². The fraction of sp³-hybridized carbons (Fsp3) is 0.318. The first-order valence-corrected chi connectivity index (χ1v) is 9.87. The number of aryl methyl sites for hydroxylation is 4. The van der Waals surface area contributed by atoms with Crippen molar-refractivity contribution in [3.05, 3.63) is 74.5 Å². The van der Waals surface area contributed by atoms with E-state index < -0.39 is 0 Å². The summed E-state index contributed by atoms with van der Waals surface area (Å²) >= 11 is 1.82. The number of methoxy groups -OCH3 is 1. The molecule has 0 amide bonds. The third-order valence-corrected chi connectivity index (χ3v) is 5.85. The molecule has 1 aromatic carbocycles. The third-order valence-electron chi connectivity index (χ3n) is 4.67. The quantitative estimate of drug-likeness (QED) is 0.627. The molecule has 2 aromatic heterocycles. The number of hydrogen-bond acceptors (Lipinski definition) is 3. The van der Waals surface area contributed by atoms with Crippen molar-refractivity contribution in [1.82, 2.24) is 4.98 Å². The molecular formula is C22H25NO2S. The highest BCUT2D eigenvalue weighted by molar-refractivity contribution is 7.15. The lowest BCUT2D eigenvalue weighted by atomic mass is 10.1. The zero-order valence-electron chi connectivity index (χ0n) is 15.6. The normalized spacial score (nSPS) is 10.9. The van der Waals surface area contributed by atoms with Crippen LogP contribution in [0.25, 0.3) is 10.4 Å². The number of aromatic amines is 1. The summed E-state index contributed by atoms with van der Waals surface area (Å²) in [5.74, 6) is 0.902. The van der Waals surface area contributed by atoms with Gasteiger partial charge in [0.1, 0.15) is 5.75 Å². The monoisotopic (exact) mass is 367 g/mol. The fourth-order valence-corrected chi connectivity index (χ4v) is 4.22. The summed E-state index contributed by atoms with van der Waals surface area (Å²) in [4.78, 5) is 17.5.